The quantitative estimate of drug-likeness (QED) is 0.933. The SMILES string of the molecule is O=C(O)[C@H]1CN(C(=O)COc2ccccc2)c2ccccc2O1. The molecule has 23 heavy (non-hydrogen) atoms. The Morgan fingerprint density at radius 2 is 1.83 bits per heavy atom. The van der Waals surface area contributed by atoms with E-state index in [9.17, 15) is 14.7 Å². The summed E-state index contributed by atoms with van der Waals surface area (Å²) in [5.74, 6) is -0.478. The lowest BCUT2D eigenvalue weighted by atomic mass is 10.2. The molecule has 1 heterocycles. The van der Waals surface area contributed by atoms with Crippen molar-refractivity contribution in [3.8, 4) is 11.5 Å². The summed E-state index contributed by atoms with van der Waals surface area (Å²) in [4.78, 5) is 25.1. The fraction of sp³-hybridized carbons (Fsp3) is 0.176. The number of hydrogen-bond acceptors (Lipinski definition) is 4. The second-order valence-electron chi connectivity index (χ2n) is 5.02. The van der Waals surface area contributed by atoms with Crippen LogP contribution in [0.3, 0.4) is 0 Å². The van der Waals surface area contributed by atoms with Gasteiger partial charge in [0.2, 0.25) is 6.10 Å². The number of aliphatic carboxylic acids is 1. The van der Waals surface area contributed by atoms with Gasteiger partial charge in [0.05, 0.1) is 12.2 Å². The number of hydrogen-bond donors (Lipinski definition) is 1. The van der Waals surface area contributed by atoms with Crippen LogP contribution in [0.2, 0.25) is 0 Å². The summed E-state index contributed by atoms with van der Waals surface area (Å²) in [5, 5.41) is 9.18. The molecule has 0 spiro atoms. The van der Waals surface area contributed by atoms with Crippen molar-refractivity contribution >= 4 is 17.6 Å². The average molecular weight is 313 g/mol. The zero-order valence-corrected chi connectivity index (χ0v) is 12.2. The molecule has 2 aromatic rings. The Morgan fingerprint density at radius 1 is 1.13 bits per heavy atom. The summed E-state index contributed by atoms with van der Waals surface area (Å²) in [7, 11) is 0. The van der Waals surface area contributed by atoms with Gasteiger partial charge in [-0.15, -0.1) is 0 Å². The number of fused-ring (bicyclic) bond motifs is 1. The maximum atomic E-state index is 12.5. The van der Waals surface area contributed by atoms with E-state index in [4.69, 9.17) is 9.47 Å². The van der Waals surface area contributed by atoms with Gasteiger partial charge in [-0.3, -0.25) is 4.79 Å². The first-order valence-electron chi connectivity index (χ1n) is 7.12. The van der Waals surface area contributed by atoms with Crippen LogP contribution in [0.4, 0.5) is 5.69 Å². The van der Waals surface area contributed by atoms with Crippen molar-refractivity contribution in [3.63, 3.8) is 0 Å². The summed E-state index contributed by atoms with van der Waals surface area (Å²) >= 11 is 0. The number of ether oxygens (including phenoxy) is 2. The molecule has 0 bridgehead atoms. The molecule has 6 heteroatoms. The van der Waals surface area contributed by atoms with Crippen molar-refractivity contribution in [2.75, 3.05) is 18.1 Å². The molecule has 6 nitrogen and oxygen atoms in total. The Labute approximate surface area is 132 Å². The minimum atomic E-state index is -1.11. The van der Waals surface area contributed by atoms with Gasteiger partial charge in [-0.1, -0.05) is 30.3 Å². The van der Waals surface area contributed by atoms with E-state index in [-0.39, 0.29) is 19.1 Å². The van der Waals surface area contributed by atoms with Gasteiger partial charge in [-0.05, 0) is 24.3 Å². The average Bonchev–Trinajstić information content (AvgIpc) is 2.59. The summed E-state index contributed by atoms with van der Waals surface area (Å²) < 4.78 is 10.9. The van der Waals surface area contributed by atoms with E-state index in [1.165, 1.54) is 4.90 Å². The lowest BCUT2D eigenvalue weighted by Gasteiger charge is -2.32. The lowest BCUT2D eigenvalue weighted by Crippen LogP contribution is -2.48. The monoisotopic (exact) mass is 313 g/mol. The molecule has 1 aliphatic heterocycles. The van der Waals surface area contributed by atoms with Crippen molar-refractivity contribution in [1.82, 2.24) is 0 Å². The van der Waals surface area contributed by atoms with Crippen LogP contribution in [-0.4, -0.2) is 36.2 Å². The number of rotatable bonds is 4. The van der Waals surface area contributed by atoms with Gasteiger partial charge in [0, 0.05) is 0 Å². The lowest BCUT2D eigenvalue weighted by molar-refractivity contribution is -0.145. The highest BCUT2D eigenvalue weighted by Crippen LogP contribution is 2.33. The van der Waals surface area contributed by atoms with E-state index in [0.29, 0.717) is 17.2 Å². The Morgan fingerprint density at radius 3 is 2.57 bits per heavy atom. The van der Waals surface area contributed by atoms with Crippen LogP contribution in [-0.2, 0) is 9.59 Å². The Hall–Kier alpha value is -3.02. The number of carbonyl (C=O) groups excluding carboxylic acids is 1. The van der Waals surface area contributed by atoms with Crippen molar-refractivity contribution in [1.29, 1.82) is 0 Å². The van der Waals surface area contributed by atoms with Gasteiger partial charge in [0.1, 0.15) is 11.5 Å². The molecule has 1 amide bonds. The number of carboxylic acids is 1. The highest BCUT2D eigenvalue weighted by Gasteiger charge is 2.33. The molecule has 0 unspecified atom stereocenters. The fourth-order valence-electron chi connectivity index (χ4n) is 2.34. The second kappa shape index (κ2) is 6.39. The summed E-state index contributed by atoms with van der Waals surface area (Å²) in [6, 6.07) is 15.8. The number of para-hydroxylation sites is 3. The van der Waals surface area contributed by atoms with Crippen LogP contribution in [0, 0.1) is 0 Å². The zero-order chi connectivity index (χ0) is 16.2. The third-order valence-corrected chi connectivity index (χ3v) is 3.46. The Balaban J connectivity index is 1.77. The number of carboxylic acid groups (broad SMARTS) is 1. The molecular weight excluding hydrogens is 298 g/mol. The van der Waals surface area contributed by atoms with Crippen molar-refractivity contribution in [2.24, 2.45) is 0 Å². The minimum absolute atomic E-state index is 0.0523. The maximum Gasteiger partial charge on any atom is 0.346 e. The number of nitrogens with zero attached hydrogens (tertiary/aromatic N) is 1. The molecule has 0 aliphatic carbocycles. The van der Waals surface area contributed by atoms with Gasteiger partial charge in [-0.25, -0.2) is 4.79 Å². The molecular formula is C17H15NO5. The van der Waals surface area contributed by atoms with E-state index in [0.717, 1.165) is 0 Å². The van der Waals surface area contributed by atoms with E-state index in [1.54, 1.807) is 36.4 Å². The van der Waals surface area contributed by atoms with Crippen LogP contribution in [0.1, 0.15) is 0 Å². The molecule has 1 aliphatic rings. The number of anilines is 1. The van der Waals surface area contributed by atoms with Crippen LogP contribution < -0.4 is 14.4 Å². The summed E-state index contributed by atoms with van der Waals surface area (Å²) in [6.07, 6.45) is -1.09. The van der Waals surface area contributed by atoms with Crippen molar-refractivity contribution in [3.05, 3.63) is 54.6 Å². The van der Waals surface area contributed by atoms with Crippen LogP contribution >= 0.6 is 0 Å². The number of benzene rings is 2. The molecule has 2 aromatic carbocycles. The molecule has 1 atom stereocenters. The van der Waals surface area contributed by atoms with Gasteiger partial charge in [0.25, 0.3) is 5.91 Å². The van der Waals surface area contributed by atoms with Gasteiger partial charge < -0.3 is 19.5 Å². The van der Waals surface area contributed by atoms with E-state index >= 15 is 0 Å². The Bertz CT molecular complexity index is 716. The third kappa shape index (κ3) is 3.26. The normalized spacial score (nSPS) is 16.2. The van der Waals surface area contributed by atoms with Crippen LogP contribution in [0.5, 0.6) is 11.5 Å². The van der Waals surface area contributed by atoms with Gasteiger partial charge in [0.15, 0.2) is 6.61 Å². The molecule has 0 saturated carbocycles. The second-order valence-corrected chi connectivity index (χ2v) is 5.02. The van der Waals surface area contributed by atoms with Crippen LogP contribution in [0.25, 0.3) is 0 Å². The largest absolute Gasteiger partial charge is 0.484 e. The third-order valence-electron chi connectivity index (χ3n) is 3.46. The maximum absolute atomic E-state index is 12.5. The smallest absolute Gasteiger partial charge is 0.346 e. The van der Waals surface area contributed by atoms with Crippen molar-refractivity contribution in [2.45, 2.75) is 6.10 Å². The van der Waals surface area contributed by atoms with E-state index in [2.05, 4.69) is 0 Å². The molecule has 0 fully saturated rings. The predicted octanol–water partition coefficient (Wildman–Crippen LogP) is 1.94. The molecule has 0 aromatic heterocycles. The molecule has 118 valence electrons. The highest BCUT2D eigenvalue weighted by atomic mass is 16.5. The predicted molar refractivity (Wildman–Crippen MR) is 82.8 cm³/mol. The Kier molecular flexibility index (Phi) is 4.14. The molecule has 1 N–H and O–H groups in total. The number of carbonyl (C=O) groups is 2. The summed E-state index contributed by atoms with van der Waals surface area (Å²) in [6.45, 7) is -0.228. The first-order chi connectivity index (χ1) is 11.1. The topological polar surface area (TPSA) is 76.1 Å². The van der Waals surface area contributed by atoms with Crippen molar-refractivity contribution < 1.29 is 24.2 Å². The van der Waals surface area contributed by atoms with E-state index in [1.807, 2.05) is 18.2 Å². The van der Waals surface area contributed by atoms with Gasteiger partial charge in [-0.2, -0.15) is 0 Å². The zero-order valence-electron chi connectivity index (χ0n) is 12.2. The molecule has 0 radical (unpaired) electrons. The first kappa shape index (κ1) is 14.9. The first-order valence-corrected chi connectivity index (χ1v) is 7.12. The molecule has 0 saturated heterocycles. The van der Waals surface area contributed by atoms with Gasteiger partial charge >= 0.3 is 5.97 Å². The van der Waals surface area contributed by atoms with E-state index < -0.39 is 12.1 Å². The fourth-order valence-corrected chi connectivity index (χ4v) is 2.34. The minimum Gasteiger partial charge on any atom is -0.484 e. The molecule has 3 rings (SSSR count). The standard InChI is InChI=1S/C17H15NO5/c19-16(11-22-12-6-2-1-3-7-12)18-10-15(17(20)21)23-14-9-5-4-8-13(14)18/h1-9,15H,10-11H2,(H,20,21)/t15-/m1/s1. The number of amides is 1. The highest BCUT2D eigenvalue weighted by molar-refractivity contribution is 5.97. The summed E-state index contributed by atoms with van der Waals surface area (Å²) in [5.41, 5.74) is 0.548. The van der Waals surface area contributed by atoms with Crippen LogP contribution in [0.15, 0.2) is 54.6 Å².